The van der Waals surface area contributed by atoms with Crippen molar-refractivity contribution in [2.24, 2.45) is 0 Å². The van der Waals surface area contributed by atoms with Gasteiger partial charge in [0, 0.05) is 22.9 Å². The van der Waals surface area contributed by atoms with E-state index in [1.54, 1.807) is 24.3 Å². The van der Waals surface area contributed by atoms with Gasteiger partial charge in [0.2, 0.25) is 0 Å². The summed E-state index contributed by atoms with van der Waals surface area (Å²) < 4.78 is 25.8. The number of halogens is 2. The van der Waals surface area contributed by atoms with Crippen molar-refractivity contribution >= 4 is 16.9 Å². The molecule has 0 radical (unpaired) electrons. The summed E-state index contributed by atoms with van der Waals surface area (Å²) in [6.45, 7) is 0. The first-order valence-electron chi connectivity index (χ1n) is 4.97. The molecule has 0 fully saturated rings. The van der Waals surface area contributed by atoms with Gasteiger partial charge in [0.15, 0.2) is 5.95 Å². The van der Waals surface area contributed by atoms with Crippen molar-refractivity contribution in [3.63, 3.8) is 0 Å². The number of aromatic nitrogens is 1. The lowest BCUT2D eigenvalue weighted by Gasteiger charge is -2.07. The summed E-state index contributed by atoms with van der Waals surface area (Å²) in [5.41, 5.74) is 1.87. The van der Waals surface area contributed by atoms with E-state index in [0.717, 1.165) is 5.54 Å². The maximum absolute atomic E-state index is 13.6. The minimum Gasteiger partial charge on any atom is -0.480 e. The summed E-state index contributed by atoms with van der Waals surface area (Å²) >= 11 is 0. The topological polar surface area (TPSA) is 65.1 Å². The van der Waals surface area contributed by atoms with Crippen LogP contribution in [0.15, 0.2) is 24.3 Å². The molecule has 1 atom stereocenters. The number of carbonyl (C=O) groups is 1. The molecule has 1 heterocycles. The lowest BCUT2D eigenvalue weighted by Crippen LogP contribution is -2.33. The second kappa shape index (κ2) is 5.59. The maximum Gasteiger partial charge on any atom is 0.323 e. The molecule has 2 rings (SSSR count). The average molecular weight is 256 g/mol. The van der Waals surface area contributed by atoms with E-state index in [2.05, 4.69) is 4.98 Å². The van der Waals surface area contributed by atoms with Gasteiger partial charge in [-0.25, -0.2) is 0 Å². The Balaban J connectivity index is 0.00000162. The first kappa shape index (κ1) is 14.1. The van der Waals surface area contributed by atoms with Crippen LogP contribution in [0.4, 0.5) is 8.87 Å². The predicted molar refractivity (Wildman–Crippen MR) is 64.4 cm³/mol. The summed E-state index contributed by atoms with van der Waals surface area (Å²) in [5, 5.41) is 9.26. The van der Waals surface area contributed by atoms with Gasteiger partial charge in [-0.15, -0.1) is 10.0 Å². The third kappa shape index (κ3) is 2.48. The molecule has 18 heavy (non-hydrogen) atoms. The van der Waals surface area contributed by atoms with Gasteiger partial charge in [-0.05, 0) is 6.07 Å². The molecule has 6 heteroatoms. The fourth-order valence-electron chi connectivity index (χ4n) is 1.74. The second-order valence-corrected chi connectivity index (χ2v) is 3.67. The molecule has 2 aromatic rings. The standard InChI is InChI=1S/C11H10F2N2O2.CH4/c12-10-7(5-9(15-13)11(16)17)6-3-1-2-4-8(6)14-10;/h1-4,9,14-15H,5H2,(H,16,17);1H4/t9-;/m0./s1. The zero-order chi connectivity index (χ0) is 12.4. The highest BCUT2D eigenvalue weighted by Gasteiger charge is 2.22. The van der Waals surface area contributed by atoms with Crippen LogP contribution in [0.2, 0.25) is 0 Å². The fourth-order valence-corrected chi connectivity index (χ4v) is 1.74. The van der Waals surface area contributed by atoms with Gasteiger partial charge in [-0.1, -0.05) is 25.6 Å². The minimum atomic E-state index is -1.45. The lowest BCUT2D eigenvalue weighted by molar-refractivity contribution is -0.140. The van der Waals surface area contributed by atoms with Crippen molar-refractivity contribution in [3.05, 3.63) is 35.8 Å². The number of nitrogens with one attached hydrogen (secondary N) is 2. The Morgan fingerprint density at radius 3 is 2.72 bits per heavy atom. The molecule has 0 amide bonds. The number of fused-ring (bicyclic) bond motifs is 1. The van der Waals surface area contributed by atoms with Crippen LogP contribution in [-0.2, 0) is 11.2 Å². The number of carboxylic acid groups (broad SMARTS) is 1. The Hall–Kier alpha value is -1.95. The van der Waals surface area contributed by atoms with Crippen LogP contribution in [0.3, 0.4) is 0 Å². The third-order valence-corrected chi connectivity index (χ3v) is 2.60. The zero-order valence-corrected chi connectivity index (χ0v) is 8.71. The van der Waals surface area contributed by atoms with Gasteiger partial charge in [0.05, 0.1) is 0 Å². The van der Waals surface area contributed by atoms with Crippen LogP contribution in [-0.4, -0.2) is 22.1 Å². The van der Waals surface area contributed by atoms with Crippen molar-refractivity contribution in [1.29, 1.82) is 0 Å². The Kier molecular flexibility index (Phi) is 4.38. The highest BCUT2D eigenvalue weighted by molar-refractivity contribution is 5.84. The van der Waals surface area contributed by atoms with Crippen LogP contribution in [0.1, 0.15) is 13.0 Å². The highest BCUT2D eigenvalue weighted by atomic mass is 19.2. The van der Waals surface area contributed by atoms with E-state index in [9.17, 15) is 13.7 Å². The molecule has 0 spiro atoms. The van der Waals surface area contributed by atoms with Gasteiger partial charge in [0.25, 0.3) is 0 Å². The second-order valence-electron chi connectivity index (χ2n) is 3.67. The van der Waals surface area contributed by atoms with E-state index in [1.165, 1.54) is 0 Å². The van der Waals surface area contributed by atoms with E-state index in [4.69, 9.17) is 5.11 Å². The Morgan fingerprint density at radius 1 is 1.44 bits per heavy atom. The van der Waals surface area contributed by atoms with Crippen LogP contribution in [0.25, 0.3) is 10.9 Å². The quantitative estimate of drug-likeness (QED) is 0.736. The van der Waals surface area contributed by atoms with Gasteiger partial charge in [-0.3, -0.25) is 4.79 Å². The lowest BCUT2D eigenvalue weighted by atomic mass is 10.1. The van der Waals surface area contributed by atoms with Crippen LogP contribution in [0, 0.1) is 5.95 Å². The molecule has 0 saturated carbocycles. The Labute approximate surface area is 103 Å². The smallest absolute Gasteiger partial charge is 0.323 e. The normalized spacial score (nSPS) is 12.1. The van der Waals surface area contributed by atoms with E-state index in [1.807, 2.05) is 0 Å². The molecule has 0 aliphatic heterocycles. The number of aliphatic carboxylic acids is 1. The van der Waals surface area contributed by atoms with E-state index < -0.39 is 18.0 Å². The van der Waals surface area contributed by atoms with Crippen molar-refractivity contribution in [1.82, 2.24) is 10.5 Å². The zero-order valence-electron chi connectivity index (χ0n) is 8.71. The molecule has 0 aliphatic carbocycles. The van der Waals surface area contributed by atoms with E-state index in [-0.39, 0.29) is 19.4 Å². The maximum atomic E-state index is 13.6. The first-order chi connectivity index (χ1) is 8.13. The van der Waals surface area contributed by atoms with Crippen molar-refractivity contribution in [2.75, 3.05) is 0 Å². The van der Waals surface area contributed by atoms with Crippen molar-refractivity contribution in [2.45, 2.75) is 19.9 Å². The molecule has 0 saturated heterocycles. The number of hydrogen-bond donors (Lipinski definition) is 3. The van der Waals surface area contributed by atoms with Crippen molar-refractivity contribution < 1.29 is 18.8 Å². The van der Waals surface area contributed by atoms with Crippen molar-refractivity contribution in [3.8, 4) is 0 Å². The number of H-pyrrole nitrogens is 1. The molecular weight excluding hydrogens is 242 g/mol. The van der Waals surface area contributed by atoms with E-state index in [0.29, 0.717) is 10.9 Å². The Morgan fingerprint density at radius 2 is 2.11 bits per heavy atom. The summed E-state index contributed by atoms with van der Waals surface area (Å²) in [7, 11) is 0. The summed E-state index contributed by atoms with van der Waals surface area (Å²) in [6.07, 6.45) is -0.262. The number of rotatable bonds is 4. The first-order valence-corrected chi connectivity index (χ1v) is 4.97. The largest absolute Gasteiger partial charge is 0.480 e. The van der Waals surface area contributed by atoms with Gasteiger partial charge in [0.1, 0.15) is 6.04 Å². The SMILES string of the molecule is C.O=C(O)[C@H](Cc1c(F)[nH]c2ccccc12)NF. The number of aromatic amines is 1. The molecule has 3 N–H and O–H groups in total. The summed E-state index contributed by atoms with van der Waals surface area (Å²) in [4.78, 5) is 13.2. The monoisotopic (exact) mass is 256 g/mol. The molecule has 1 aromatic carbocycles. The summed E-state index contributed by atoms with van der Waals surface area (Å²) in [5.74, 6) is -2.00. The average Bonchev–Trinajstić information content (AvgIpc) is 2.61. The van der Waals surface area contributed by atoms with Crippen LogP contribution in [0.5, 0.6) is 0 Å². The fraction of sp³-hybridized carbons (Fsp3) is 0.250. The van der Waals surface area contributed by atoms with Gasteiger partial charge < -0.3 is 10.1 Å². The minimum absolute atomic E-state index is 0. The third-order valence-electron chi connectivity index (χ3n) is 2.60. The molecule has 0 bridgehead atoms. The van der Waals surface area contributed by atoms with Crippen LogP contribution >= 0.6 is 0 Å². The Bertz CT molecular complexity index is 554. The van der Waals surface area contributed by atoms with Crippen LogP contribution < -0.4 is 5.54 Å². The molecule has 0 aliphatic rings. The molecule has 98 valence electrons. The molecule has 1 aromatic heterocycles. The molecule has 4 nitrogen and oxygen atoms in total. The number of carboxylic acids is 1. The number of hydrogen-bond acceptors (Lipinski definition) is 2. The van der Waals surface area contributed by atoms with E-state index >= 15 is 0 Å². The molecular formula is C12H14F2N2O2. The molecule has 0 unspecified atom stereocenters. The number of benzene rings is 1. The number of para-hydroxylation sites is 1. The highest BCUT2D eigenvalue weighted by Crippen LogP contribution is 2.22. The summed E-state index contributed by atoms with van der Waals surface area (Å²) in [6, 6.07) is 5.30. The predicted octanol–water partition coefficient (Wildman–Crippen LogP) is 2.41. The van der Waals surface area contributed by atoms with Gasteiger partial charge >= 0.3 is 5.97 Å². The van der Waals surface area contributed by atoms with Gasteiger partial charge in [-0.2, -0.15) is 4.39 Å².